The molecule has 0 unspecified atom stereocenters. The highest BCUT2D eigenvalue weighted by Gasteiger charge is 2.19. The Morgan fingerprint density at radius 3 is 0.866 bits per heavy atom. The van der Waals surface area contributed by atoms with Gasteiger partial charge in [0, 0.05) is 19.3 Å². The summed E-state index contributed by atoms with van der Waals surface area (Å²) in [5.74, 6) is -0.864. The maximum absolute atomic E-state index is 12.9. The zero-order chi connectivity index (χ0) is 48.6. The zero-order valence-electron chi connectivity index (χ0n) is 44.9. The first-order valence-corrected chi connectivity index (χ1v) is 29.5. The van der Waals surface area contributed by atoms with Gasteiger partial charge >= 0.3 is 17.9 Å². The minimum Gasteiger partial charge on any atom is -0.462 e. The Labute approximate surface area is 416 Å². The van der Waals surface area contributed by atoms with Gasteiger partial charge in [-0.2, -0.15) is 0 Å². The maximum Gasteiger partial charge on any atom is 0.306 e. The van der Waals surface area contributed by atoms with Crippen LogP contribution in [0, 0.1) is 0 Å². The number of hydrogen-bond donors (Lipinski definition) is 0. The molecule has 1 atom stereocenters. The van der Waals surface area contributed by atoms with Gasteiger partial charge in [-0.15, -0.1) is 0 Å². The molecule has 0 aliphatic heterocycles. The summed E-state index contributed by atoms with van der Waals surface area (Å²) in [6, 6.07) is 0. The van der Waals surface area contributed by atoms with Gasteiger partial charge in [0.2, 0.25) is 0 Å². The highest BCUT2D eigenvalue weighted by Crippen LogP contribution is 2.16. The lowest BCUT2D eigenvalue weighted by atomic mass is 10.0. The molecule has 0 spiro atoms. The minimum atomic E-state index is -0.774. The second kappa shape index (κ2) is 56.2. The van der Waals surface area contributed by atoms with Crippen LogP contribution in [-0.4, -0.2) is 37.2 Å². The molecule has 0 aliphatic carbocycles. The van der Waals surface area contributed by atoms with E-state index in [2.05, 4.69) is 57.2 Å². The number of carbonyl (C=O) groups excluding carboxylic acids is 3. The Morgan fingerprint density at radius 1 is 0.299 bits per heavy atom. The van der Waals surface area contributed by atoms with Gasteiger partial charge in [-0.05, 0) is 77.0 Å². The van der Waals surface area contributed by atoms with Crippen LogP contribution in [0.3, 0.4) is 0 Å². The molecule has 0 bridgehead atoms. The molecule has 0 aromatic carbocycles. The number of ether oxygens (including phenoxy) is 3. The van der Waals surface area contributed by atoms with Gasteiger partial charge in [-0.25, -0.2) is 0 Å². The first-order valence-electron chi connectivity index (χ1n) is 29.5. The third-order valence-electron chi connectivity index (χ3n) is 13.1. The van der Waals surface area contributed by atoms with Crippen molar-refractivity contribution in [2.45, 2.75) is 322 Å². The first kappa shape index (κ1) is 64.6. The van der Waals surface area contributed by atoms with E-state index in [1.54, 1.807) is 0 Å². The van der Waals surface area contributed by atoms with Crippen molar-refractivity contribution in [2.24, 2.45) is 0 Å². The largest absolute Gasteiger partial charge is 0.462 e. The van der Waals surface area contributed by atoms with Crippen LogP contribution in [-0.2, 0) is 28.6 Å². The van der Waals surface area contributed by atoms with E-state index < -0.39 is 6.10 Å². The lowest BCUT2D eigenvalue weighted by molar-refractivity contribution is -0.167. The van der Waals surface area contributed by atoms with E-state index in [0.29, 0.717) is 19.3 Å². The summed E-state index contributed by atoms with van der Waals surface area (Å²) in [4.78, 5) is 38.2. The van der Waals surface area contributed by atoms with E-state index in [9.17, 15) is 14.4 Å². The van der Waals surface area contributed by atoms with Crippen molar-refractivity contribution < 1.29 is 28.6 Å². The van der Waals surface area contributed by atoms with Crippen molar-refractivity contribution in [2.75, 3.05) is 13.2 Å². The molecule has 0 N–H and O–H groups in total. The monoisotopic (exact) mass is 941 g/mol. The summed E-state index contributed by atoms with van der Waals surface area (Å²) in [5, 5.41) is 0. The molecule has 67 heavy (non-hydrogen) atoms. The zero-order valence-corrected chi connectivity index (χ0v) is 44.9. The average Bonchev–Trinajstić information content (AvgIpc) is 3.33. The number of rotatable bonds is 54. The van der Waals surface area contributed by atoms with Gasteiger partial charge in [0.05, 0.1) is 0 Å². The van der Waals surface area contributed by atoms with Gasteiger partial charge < -0.3 is 14.2 Å². The maximum atomic E-state index is 12.9. The average molecular weight is 942 g/mol. The fourth-order valence-electron chi connectivity index (χ4n) is 8.65. The summed E-state index contributed by atoms with van der Waals surface area (Å²) in [6.07, 6.45) is 67.0. The predicted octanol–water partition coefficient (Wildman–Crippen LogP) is 19.7. The highest BCUT2D eigenvalue weighted by atomic mass is 16.6. The molecule has 0 saturated carbocycles. The summed E-state index contributed by atoms with van der Waals surface area (Å²) in [7, 11) is 0. The first-order chi connectivity index (χ1) is 33.0. The van der Waals surface area contributed by atoms with Gasteiger partial charge in [0.25, 0.3) is 0 Å². The molecule has 0 amide bonds. The smallest absolute Gasteiger partial charge is 0.306 e. The quantitative estimate of drug-likeness (QED) is 0.0262. The highest BCUT2D eigenvalue weighted by molar-refractivity contribution is 5.71. The van der Waals surface area contributed by atoms with E-state index in [4.69, 9.17) is 14.2 Å². The Bertz CT molecular complexity index is 1130. The summed E-state index contributed by atoms with van der Waals surface area (Å²) < 4.78 is 16.9. The van der Waals surface area contributed by atoms with Crippen LogP contribution in [0.25, 0.3) is 0 Å². The molecule has 392 valence electrons. The number of carbonyl (C=O) groups is 3. The van der Waals surface area contributed by atoms with Crippen LogP contribution in [0.15, 0.2) is 36.5 Å². The second-order valence-electron chi connectivity index (χ2n) is 19.9. The molecule has 0 rings (SSSR count). The summed E-state index contributed by atoms with van der Waals surface area (Å²) in [6.45, 7) is 6.64. The van der Waals surface area contributed by atoms with Crippen molar-refractivity contribution in [3.63, 3.8) is 0 Å². The van der Waals surface area contributed by atoms with Crippen molar-refractivity contribution in [3.05, 3.63) is 36.5 Å². The molecule has 0 radical (unpaired) electrons. The van der Waals surface area contributed by atoms with Crippen molar-refractivity contribution in [1.29, 1.82) is 0 Å². The molecule has 6 nitrogen and oxygen atoms in total. The van der Waals surface area contributed by atoms with E-state index in [-0.39, 0.29) is 31.1 Å². The number of hydrogen-bond acceptors (Lipinski definition) is 6. The van der Waals surface area contributed by atoms with Crippen LogP contribution < -0.4 is 0 Å². The molecule has 0 aliphatic rings. The van der Waals surface area contributed by atoms with Crippen molar-refractivity contribution in [3.8, 4) is 0 Å². The van der Waals surface area contributed by atoms with Crippen LogP contribution in [0.1, 0.15) is 316 Å². The fourth-order valence-corrected chi connectivity index (χ4v) is 8.65. The molecule has 0 fully saturated rings. The van der Waals surface area contributed by atoms with E-state index >= 15 is 0 Å². The third-order valence-corrected chi connectivity index (χ3v) is 13.1. The molecule has 0 saturated heterocycles. The predicted molar refractivity (Wildman–Crippen MR) is 289 cm³/mol. The van der Waals surface area contributed by atoms with Gasteiger partial charge in [0.1, 0.15) is 13.2 Å². The number of allylic oxidation sites excluding steroid dienone is 6. The lowest BCUT2D eigenvalue weighted by Gasteiger charge is -2.18. The SMILES string of the molecule is CCCCC/C=C\C/C=C\CCCCCCCCCC(=O)O[C@@H](COC(=O)CCCCCCCCCCC/C=C\CCCCCCCC)COC(=O)CCCCCCCCCCCCCCC. The van der Waals surface area contributed by atoms with Gasteiger partial charge in [-0.1, -0.05) is 256 Å². The fraction of sp³-hybridized carbons (Fsp3) is 0.852. The standard InChI is InChI=1S/C61H112O6/c1-4-7-10-13-16-19-22-25-27-29-30-32-33-36-39-42-45-48-51-54-60(63)66-57-58(56-65-59(62)53-50-47-44-41-38-35-24-21-18-15-12-9-6-3)67-61(64)55-52-49-46-43-40-37-34-31-28-26-23-20-17-14-11-8-5-2/h17,20,25-28,58H,4-16,18-19,21-24,29-57H2,1-3H3/b20-17-,27-25-,28-26-/t58-/m1/s1. The Balaban J connectivity index is 4.33. The Morgan fingerprint density at radius 2 is 0.537 bits per heavy atom. The van der Waals surface area contributed by atoms with Crippen molar-refractivity contribution >= 4 is 17.9 Å². The molecular weight excluding hydrogens is 829 g/mol. The topological polar surface area (TPSA) is 78.9 Å². The molecule has 0 aromatic rings. The molecule has 6 heteroatoms. The van der Waals surface area contributed by atoms with Crippen LogP contribution in [0.2, 0.25) is 0 Å². The Hall–Kier alpha value is -2.37. The number of esters is 3. The Kier molecular flexibility index (Phi) is 54.2. The number of unbranched alkanes of at least 4 members (excludes halogenated alkanes) is 37. The van der Waals surface area contributed by atoms with Crippen LogP contribution in [0.4, 0.5) is 0 Å². The molecule has 0 heterocycles. The van der Waals surface area contributed by atoms with Crippen LogP contribution >= 0.6 is 0 Å². The van der Waals surface area contributed by atoms with E-state index in [1.165, 1.54) is 205 Å². The van der Waals surface area contributed by atoms with Crippen LogP contribution in [0.5, 0.6) is 0 Å². The second-order valence-corrected chi connectivity index (χ2v) is 19.9. The minimum absolute atomic E-state index is 0.0722. The van der Waals surface area contributed by atoms with Crippen molar-refractivity contribution in [1.82, 2.24) is 0 Å². The van der Waals surface area contributed by atoms with Gasteiger partial charge in [0.15, 0.2) is 6.10 Å². The summed E-state index contributed by atoms with van der Waals surface area (Å²) >= 11 is 0. The van der Waals surface area contributed by atoms with E-state index in [0.717, 1.165) is 70.6 Å². The normalized spacial score (nSPS) is 12.2. The summed E-state index contributed by atoms with van der Waals surface area (Å²) in [5.41, 5.74) is 0. The lowest BCUT2D eigenvalue weighted by Crippen LogP contribution is -2.30. The third kappa shape index (κ3) is 54.4. The molecular formula is C61H112O6. The molecule has 0 aromatic heterocycles. The van der Waals surface area contributed by atoms with Gasteiger partial charge in [-0.3, -0.25) is 14.4 Å². The van der Waals surface area contributed by atoms with E-state index in [1.807, 2.05) is 0 Å².